The van der Waals surface area contributed by atoms with Crippen LogP contribution in [0.25, 0.3) is 27.5 Å². The SMILES string of the molecule is COc1ccc(-n2nc(C(=O)NC(C)CCc3ccccc3)c3c4ccccc4n(C)c3c2=O)cc1. The zero-order valence-electron chi connectivity index (χ0n) is 20.6. The van der Waals surface area contributed by atoms with Gasteiger partial charge < -0.3 is 14.6 Å². The van der Waals surface area contributed by atoms with E-state index in [4.69, 9.17) is 4.74 Å². The minimum atomic E-state index is -0.306. The Kier molecular flexibility index (Phi) is 6.29. The Morgan fingerprint density at radius 2 is 1.69 bits per heavy atom. The van der Waals surface area contributed by atoms with E-state index in [1.54, 1.807) is 31.4 Å². The molecule has 36 heavy (non-hydrogen) atoms. The third-order valence-electron chi connectivity index (χ3n) is 6.56. The van der Waals surface area contributed by atoms with Gasteiger partial charge in [-0.25, -0.2) is 0 Å². The van der Waals surface area contributed by atoms with E-state index in [0.29, 0.717) is 22.3 Å². The molecule has 7 nitrogen and oxygen atoms in total. The lowest BCUT2D eigenvalue weighted by atomic mass is 10.1. The first-order valence-electron chi connectivity index (χ1n) is 12.0. The van der Waals surface area contributed by atoms with Gasteiger partial charge in [-0.1, -0.05) is 48.5 Å². The van der Waals surface area contributed by atoms with Gasteiger partial charge in [-0.3, -0.25) is 9.59 Å². The van der Waals surface area contributed by atoms with Gasteiger partial charge in [0, 0.05) is 29.4 Å². The predicted molar refractivity (Wildman–Crippen MR) is 142 cm³/mol. The summed E-state index contributed by atoms with van der Waals surface area (Å²) in [6.07, 6.45) is 1.64. The monoisotopic (exact) mass is 480 g/mol. The molecule has 0 aliphatic rings. The lowest BCUT2D eigenvalue weighted by molar-refractivity contribution is 0.0933. The quantitative estimate of drug-likeness (QED) is 0.368. The Morgan fingerprint density at radius 1 is 1.00 bits per heavy atom. The Bertz CT molecular complexity index is 1600. The van der Waals surface area contributed by atoms with Crippen molar-refractivity contribution in [3.05, 3.63) is 100 Å². The number of nitrogens with one attached hydrogen (secondary N) is 1. The zero-order chi connectivity index (χ0) is 25.2. The maximum atomic E-state index is 13.6. The number of rotatable bonds is 7. The molecule has 0 fully saturated rings. The minimum Gasteiger partial charge on any atom is -0.497 e. The minimum absolute atomic E-state index is 0.0779. The molecule has 5 aromatic rings. The summed E-state index contributed by atoms with van der Waals surface area (Å²) in [4.78, 5) is 27.3. The summed E-state index contributed by atoms with van der Waals surface area (Å²) in [5, 5.41) is 9.09. The summed E-state index contributed by atoms with van der Waals surface area (Å²) in [5.41, 5.74) is 3.01. The fraction of sp³-hybridized carbons (Fsp3) is 0.207. The molecule has 2 heterocycles. The average molecular weight is 481 g/mol. The van der Waals surface area contributed by atoms with Crippen LogP contribution in [0.3, 0.4) is 0 Å². The second kappa shape index (κ2) is 9.70. The molecule has 1 N–H and O–H groups in total. The van der Waals surface area contributed by atoms with E-state index in [9.17, 15) is 9.59 Å². The highest BCUT2D eigenvalue weighted by Crippen LogP contribution is 2.28. The van der Waals surface area contributed by atoms with Crippen molar-refractivity contribution in [2.75, 3.05) is 7.11 Å². The summed E-state index contributed by atoms with van der Waals surface area (Å²) in [6, 6.07) is 24.8. The highest BCUT2D eigenvalue weighted by Gasteiger charge is 2.24. The second-order valence-electron chi connectivity index (χ2n) is 8.96. The molecule has 7 heteroatoms. The van der Waals surface area contributed by atoms with Crippen molar-refractivity contribution in [1.82, 2.24) is 19.7 Å². The summed E-state index contributed by atoms with van der Waals surface area (Å²) in [5.74, 6) is 0.363. The maximum absolute atomic E-state index is 13.6. The summed E-state index contributed by atoms with van der Waals surface area (Å²) in [6.45, 7) is 1.99. The van der Waals surface area contributed by atoms with Crippen molar-refractivity contribution in [1.29, 1.82) is 0 Å². The molecule has 1 unspecified atom stereocenters. The summed E-state index contributed by atoms with van der Waals surface area (Å²) in [7, 11) is 3.43. The van der Waals surface area contributed by atoms with Gasteiger partial charge in [0.15, 0.2) is 5.69 Å². The van der Waals surface area contributed by atoms with E-state index >= 15 is 0 Å². The van der Waals surface area contributed by atoms with Crippen LogP contribution in [0.5, 0.6) is 5.75 Å². The van der Waals surface area contributed by atoms with Crippen molar-refractivity contribution < 1.29 is 9.53 Å². The van der Waals surface area contributed by atoms with Crippen LogP contribution < -0.4 is 15.6 Å². The number of fused-ring (bicyclic) bond motifs is 3. The molecule has 1 amide bonds. The lowest BCUT2D eigenvalue weighted by Crippen LogP contribution is -2.35. The first-order chi connectivity index (χ1) is 17.5. The van der Waals surface area contributed by atoms with Crippen LogP contribution >= 0.6 is 0 Å². The zero-order valence-corrected chi connectivity index (χ0v) is 20.6. The molecule has 5 rings (SSSR count). The topological polar surface area (TPSA) is 78.2 Å². The molecule has 3 aromatic carbocycles. The van der Waals surface area contributed by atoms with Crippen LogP contribution in [-0.4, -0.2) is 33.4 Å². The number of amides is 1. The van der Waals surface area contributed by atoms with Crippen LogP contribution in [0.4, 0.5) is 0 Å². The molecule has 0 saturated carbocycles. The van der Waals surface area contributed by atoms with Crippen molar-refractivity contribution in [3.63, 3.8) is 0 Å². The van der Waals surface area contributed by atoms with Gasteiger partial charge in [0.2, 0.25) is 0 Å². The van der Waals surface area contributed by atoms with Crippen molar-refractivity contribution in [2.45, 2.75) is 25.8 Å². The molecule has 0 bridgehead atoms. The van der Waals surface area contributed by atoms with Gasteiger partial charge in [0.1, 0.15) is 11.3 Å². The number of hydrogen-bond donors (Lipinski definition) is 1. The number of aryl methyl sites for hydroxylation is 2. The van der Waals surface area contributed by atoms with Gasteiger partial charge in [0.05, 0.1) is 12.8 Å². The molecule has 182 valence electrons. The van der Waals surface area contributed by atoms with Gasteiger partial charge in [-0.05, 0) is 55.7 Å². The Hall–Kier alpha value is -4.39. The number of benzene rings is 3. The van der Waals surface area contributed by atoms with Crippen molar-refractivity contribution in [2.24, 2.45) is 7.05 Å². The highest BCUT2D eigenvalue weighted by atomic mass is 16.5. The first-order valence-corrected chi connectivity index (χ1v) is 12.0. The third-order valence-corrected chi connectivity index (χ3v) is 6.56. The number of ether oxygens (including phenoxy) is 1. The lowest BCUT2D eigenvalue weighted by Gasteiger charge is -2.15. The standard InChI is InChI=1S/C29H28N4O3/c1-19(13-14-20-9-5-4-6-10-20)30-28(34)26-25-23-11-7-8-12-24(23)32(2)27(25)29(35)33(31-26)21-15-17-22(36-3)18-16-21/h4-12,15-19H,13-14H2,1-3H3,(H,30,34). The van der Waals surface area contributed by atoms with Crippen molar-refractivity contribution in [3.8, 4) is 11.4 Å². The van der Waals surface area contributed by atoms with E-state index in [-0.39, 0.29) is 23.2 Å². The molecule has 0 aliphatic carbocycles. The largest absolute Gasteiger partial charge is 0.497 e. The normalized spacial score (nSPS) is 12.1. The number of para-hydroxylation sites is 1. The summed E-state index contributed by atoms with van der Waals surface area (Å²) < 4.78 is 8.38. The number of nitrogens with zero attached hydrogens (tertiary/aromatic N) is 3. The molecular weight excluding hydrogens is 452 g/mol. The van der Waals surface area contributed by atoms with Gasteiger partial charge in [-0.2, -0.15) is 9.78 Å². The van der Waals surface area contributed by atoms with Crippen LogP contribution in [0.2, 0.25) is 0 Å². The Balaban J connectivity index is 1.59. The molecule has 0 saturated heterocycles. The van der Waals surface area contributed by atoms with E-state index in [0.717, 1.165) is 23.7 Å². The van der Waals surface area contributed by atoms with E-state index < -0.39 is 0 Å². The molecule has 2 aromatic heterocycles. The molecular formula is C29H28N4O3. The van der Waals surface area contributed by atoms with Crippen LogP contribution in [-0.2, 0) is 13.5 Å². The van der Waals surface area contributed by atoms with Gasteiger partial charge >= 0.3 is 0 Å². The molecule has 0 spiro atoms. The van der Waals surface area contributed by atoms with Crippen molar-refractivity contribution >= 4 is 27.7 Å². The van der Waals surface area contributed by atoms with E-state index in [1.807, 2.05) is 61.0 Å². The highest BCUT2D eigenvalue weighted by molar-refractivity contribution is 6.16. The second-order valence-corrected chi connectivity index (χ2v) is 8.96. The Morgan fingerprint density at radius 3 is 2.42 bits per heavy atom. The third kappa shape index (κ3) is 4.24. The first kappa shape index (κ1) is 23.4. The molecule has 1 atom stereocenters. The fourth-order valence-electron chi connectivity index (χ4n) is 4.63. The number of hydrogen-bond acceptors (Lipinski definition) is 4. The Labute approximate surface area is 208 Å². The van der Waals surface area contributed by atoms with Crippen LogP contribution in [0, 0.1) is 0 Å². The van der Waals surface area contributed by atoms with E-state index in [2.05, 4.69) is 22.5 Å². The number of carbonyl (C=O) groups excluding carboxylic acids is 1. The van der Waals surface area contributed by atoms with Crippen LogP contribution in [0.15, 0.2) is 83.7 Å². The maximum Gasteiger partial charge on any atom is 0.296 e. The van der Waals surface area contributed by atoms with Crippen LogP contribution in [0.1, 0.15) is 29.4 Å². The predicted octanol–water partition coefficient (Wildman–Crippen LogP) is 4.64. The number of methoxy groups -OCH3 is 1. The summed E-state index contributed by atoms with van der Waals surface area (Å²) >= 11 is 0. The molecule has 0 radical (unpaired) electrons. The molecule has 0 aliphatic heterocycles. The smallest absolute Gasteiger partial charge is 0.296 e. The van der Waals surface area contributed by atoms with E-state index in [1.165, 1.54) is 10.2 Å². The number of aromatic nitrogens is 3. The average Bonchev–Trinajstić information content (AvgIpc) is 3.21. The van der Waals surface area contributed by atoms with Gasteiger partial charge in [0.25, 0.3) is 11.5 Å². The fourth-order valence-corrected chi connectivity index (χ4v) is 4.63. The number of carbonyl (C=O) groups is 1. The van der Waals surface area contributed by atoms with Gasteiger partial charge in [-0.15, -0.1) is 0 Å².